The highest BCUT2D eigenvalue weighted by Crippen LogP contribution is 2.47. The molecule has 2 aliphatic heterocycles. The molecule has 0 spiro atoms. The van der Waals surface area contributed by atoms with Crippen LogP contribution in [0, 0.1) is 0 Å². The lowest BCUT2D eigenvalue weighted by Gasteiger charge is -2.48. The minimum Gasteiger partial charge on any atom is -0.313 e. The van der Waals surface area contributed by atoms with Gasteiger partial charge in [-0.1, -0.05) is 139 Å². The summed E-state index contributed by atoms with van der Waals surface area (Å²) in [6.07, 6.45) is 7.00. The van der Waals surface area contributed by atoms with Crippen LogP contribution >= 0.6 is 0 Å². The van der Waals surface area contributed by atoms with Gasteiger partial charge in [-0.3, -0.25) is 0 Å². The molecule has 0 saturated carbocycles. The Morgan fingerprint density at radius 3 is 1.85 bits per heavy atom. The maximum Gasteiger partial charge on any atom is 0.243 e. The molecule has 0 N–H and O–H groups in total. The molecule has 3 heteroatoms. The number of hydrogen-bond acceptors (Lipinski definition) is 0. The van der Waals surface area contributed by atoms with E-state index < -0.39 is 0 Å². The second-order valence-corrected chi connectivity index (χ2v) is 17.1. The Labute approximate surface area is 318 Å². The predicted octanol–water partition coefficient (Wildman–Crippen LogP) is 9.38. The van der Waals surface area contributed by atoms with Crippen LogP contribution in [0.1, 0.15) is 83.9 Å². The van der Waals surface area contributed by atoms with E-state index in [9.17, 15) is 0 Å². The van der Waals surface area contributed by atoms with Gasteiger partial charge in [-0.25, -0.2) is 0 Å². The second-order valence-electron chi connectivity index (χ2n) is 17.1. The highest BCUT2D eigenvalue weighted by Gasteiger charge is 2.51. The summed E-state index contributed by atoms with van der Waals surface area (Å²) < 4.78 is 5.37. The molecular weight excluding hydrogens is 651 g/mol. The average Bonchev–Trinajstić information content (AvgIpc) is 4.00. The molecule has 0 bridgehead atoms. The Morgan fingerprint density at radius 1 is 0.519 bits per heavy atom. The highest BCUT2D eigenvalue weighted by molar-refractivity contribution is 6.97. The first-order chi connectivity index (χ1) is 26.5. The van der Waals surface area contributed by atoms with Crippen LogP contribution < -0.4 is 16.4 Å². The van der Waals surface area contributed by atoms with Gasteiger partial charge in [0.2, 0.25) is 6.71 Å². The van der Waals surface area contributed by atoms with Gasteiger partial charge >= 0.3 is 0 Å². The van der Waals surface area contributed by atoms with Crippen LogP contribution in [0.5, 0.6) is 0 Å². The van der Waals surface area contributed by atoms with Crippen molar-refractivity contribution < 1.29 is 0 Å². The molecular formula is C51H43BN2. The molecule has 2 aliphatic carbocycles. The number of fused-ring (bicyclic) bond motifs is 10. The first kappa shape index (κ1) is 30.9. The van der Waals surface area contributed by atoms with Crippen molar-refractivity contribution in [2.45, 2.75) is 70.1 Å². The number of benzene rings is 6. The van der Waals surface area contributed by atoms with E-state index in [0.29, 0.717) is 0 Å². The fraction of sp³-hybridized carbons (Fsp3) is 0.216. The Bertz CT molecular complexity index is 2890. The molecule has 1 unspecified atom stereocenters. The summed E-state index contributed by atoms with van der Waals surface area (Å²) in [5.41, 5.74) is 22.5. The molecule has 0 radical (unpaired) electrons. The molecule has 0 fully saturated rings. The second kappa shape index (κ2) is 10.8. The molecule has 6 aromatic carbocycles. The number of aryl methyl sites for hydroxylation is 2. The van der Waals surface area contributed by atoms with Crippen molar-refractivity contribution >= 4 is 44.9 Å². The lowest BCUT2D eigenvalue weighted by molar-refractivity contribution is 0.631. The molecule has 2 aromatic heterocycles. The van der Waals surface area contributed by atoms with E-state index in [1.807, 2.05) is 0 Å². The lowest BCUT2D eigenvalue weighted by atomic mass is 9.27. The van der Waals surface area contributed by atoms with Crippen LogP contribution in [0.3, 0.4) is 0 Å². The van der Waals surface area contributed by atoms with E-state index in [1.165, 1.54) is 102 Å². The minimum atomic E-state index is -0.275. The van der Waals surface area contributed by atoms with Crippen molar-refractivity contribution in [2.75, 3.05) is 0 Å². The zero-order valence-corrected chi connectivity index (χ0v) is 31.4. The van der Waals surface area contributed by atoms with Crippen LogP contribution in [0.4, 0.5) is 0 Å². The fourth-order valence-electron chi connectivity index (χ4n) is 12.0. The van der Waals surface area contributed by atoms with E-state index in [1.54, 1.807) is 11.1 Å². The van der Waals surface area contributed by atoms with E-state index in [-0.39, 0.29) is 17.5 Å². The Morgan fingerprint density at radius 2 is 1.11 bits per heavy atom. The summed E-state index contributed by atoms with van der Waals surface area (Å²) in [5.74, 6) is 0. The summed E-state index contributed by atoms with van der Waals surface area (Å²) in [7, 11) is 0. The summed E-state index contributed by atoms with van der Waals surface area (Å²) >= 11 is 0. The SMILES string of the molecule is CC1(C)c2cccc3c2B(c2ccccc2C3(C)c2ccccc2)c2cc(-n3c4c(c5ccccc53)CCC4)cc(-n3c4c(c5ccccc53)CCC4)c21. The van der Waals surface area contributed by atoms with Gasteiger partial charge in [0.1, 0.15) is 0 Å². The van der Waals surface area contributed by atoms with Gasteiger partial charge < -0.3 is 9.13 Å². The fourth-order valence-corrected chi connectivity index (χ4v) is 12.0. The molecule has 4 heterocycles. The maximum atomic E-state index is 2.71. The third-order valence-electron chi connectivity index (χ3n) is 14.2. The minimum absolute atomic E-state index is 0.121. The van der Waals surface area contributed by atoms with Crippen LogP contribution in [-0.4, -0.2) is 15.8 Å². The van der Waals surface area contributed by atoms with Crippen LogP contribution in [0.15, 0.2) is 133 Å². The standard InChI is InChI=1S/C51H43BN2/c1-50(2)39-23-15-24-40-49(39)52(41-25-10-9-22-38(41)51(40,3)32-16-5-4-6-17-32)42-30-33(53-43-26-11-7-18-34(43)36-20-13-28-44(36)53)31-47(48(42)50)54-45-27-12-8-19-35(45)37-21-14-29-46(37)54/h4-12,15-19,22-27,30-31H,13-14,20-21,28-29H2,1-3H3. The quantitative estimate of drug-likeness (QED) is 0.163. The monoisotopic (exact) mass is 694 g/mol. The smallest absolute Gasteiger partial charge is 0.243 e. The number of aromatic nitrogens is 2. The zero-order chi connectivity index (χ0) is 35.9. The lowest BCUT2D eigenvalue weighted by Crippen LogP contribution is -2.67. The zero-order valence-electron chi connectivity index (χ0n) is 31.4. The van der Waals surface area contributed by atoms with Crippen molar-refractivity contribution in [2.24, 2.45) is 0 Å². The molecule has 1 atom stereocenters. The van der Waals surface area contributed by atoms with E-state index in [4.69, 9.17) is 0 Å². The molecule has 8 aromatic rings. The summed E-state index contributed by atoms with van der Waals surface area (Å²) in [6, 6.07) is 51.5. The van der Waals surface area contributed by atoms with Crippen molar-refractivity contribution in [1.82, 2.24) is 9.13 Å². The largest absolute Gasteiger partial charge is 0.313 e. The summed E-state index contributed by atoms with van der Waals surface area (Å²) in [4.78, 5) is 0. The van der Waals surface area contributed by atoms with Gasteiger partial charge in [-0.15, -0.1) is 0 Å². The first-order valence-electron chi connectivity index (χ1n) is 20.2. The van der Waals surface area contributed by atoms with Crippen molar-refractivity contribution in [1.29, 1.82) is 0 Å². The molecule has 0 amide bonds. The Balaban J connectivity index is 1.25. The highest BCUT2D eigenvalue weighted by atomic mass is 15.0. The molecule has 260 valence electrons. The summed E-state index contributed by atoms with van der Waals surface area (Å²) in [6.45, 7) is 7.61. The molecule has 12 rings (SSSR count). The van der Waals surface area contributed by atoms with E-state index in [2.05, 4.69) is 163 Å². The van der Waals surface area contributed by atoms with Gasteiger partial charge in [0.15, 0.2) is 0 Å². The van der Waals surface area contributed by atoms with Crippen LogP contribution in [0.2, 0.25) is 0 Å². The molecule has 4 aliphatic rings. The average molecular weight is 695 g/mol. The van der Waals surface area contributed by atoms with Crippen molar-refractivity contribution in [3.63, 3.8) is 0 Å². The van der Waals surface area contributed by atoms with Crippen LogP contribution in [-0.2, 0) is 36.5 Å². The maximum absolute atomic E-state index is 2.71. The summed E-state index contributed by atoms with van der Waals surface area (Å²) in [5, 5.41) is 2.85. The first-order valence-corrected chi connectivity index (χ1v) is 20.2. The third-order valence-corrected chi connectivity index (χ3v) is 14.2. The molecule has 54 heavy (non-hydrogen) atoms. The number of rotatable bonds is 3. The number of nitrogens with zero attached hydrogens (tertiary/aromatic N) is 2. The van der Waals surface area contributed by atoms with Crippen LogP contribution in [0.25, 0.3) is 33.2 Å². The van der Waals surface area contributed by atoms with E-state index >= 15 is 0 Å². The number of para-hydroxylation sites is 2. The Kier molecular flexibility index (Phi) is 6.17. The normalized spacial score (nSPS) is 18.8. The van der Waals surface area contributed by atoms with Gasteiger partial charge in [0.25, 0.3) is 0 Å². The van der Waals surface area contributed by atoms with Crippen molar-refractivity contribution in [3.05, 3.63) is 184 Å². The van der Waals surface area contributed by atoms with Gasteiger partial charge in [-0.05, 0) is 109 Å². The van der Waals surface area contributed by atoms with Crippen molar-refractivity contribution in [3.8, 4) is 11.4 Å². The molecule has 0 saturated heterocycles. The topological polar surface area (TPSA) is 9.86 Å². The predicted molar refractivity (Wildman–Crippen MR) is 226 cm³/mol. The Hall–Kier alpha value is -5.54. The number of hydrogen-bond donors (Lipinski definition) is 0. The van der Waals surface area contributed by atoms with E-state index in [0.717, 1.165) is 25.7 Å². The van der Waals surface area contributed by atoms with Gasteiger partial charge in [-0.2, -0.15) is 0 Å². The molecule has 2 nitrogen and oxygen atoms in total. The third kappa shape index (κ3) is 3.78. The van der Waals surface area contributed by atoms with Gasteiger partial charge in [0.05, 0.1) is 16.7 Å². The van der Waals surface area contributed by atoms with Gasteiger partial charge in [0, 0.05) is 38.7 Å².